The molecule has 0 bridgehead atoms. The number of hydrogen-bond donors (Lipinski definition) is 3. The largest absolute Gasteiger partial charge is 0.430 e. The van der Waals surface area contributed by atoms with Gasteiger partial charge in [0.2, 0.25) is 0 Å². The SMILES string of the molecule is Nc1ccc(Cc2ccc(N)c(C(O)(C(F)(F)F)C(F)(F)F)c2)cc1. The van der Waals surface area contributed by atoms with E-state index < -0.39 is 29.2 Å². The van der Waals surface area contributed by atoms with Crippen LogP contribution in [-0.2, 0) is 12.0 Å². The number of aliphatic hydroxyl groups is 1. The molecule has 0 spiro atoms. The summed E-state index contributed by atoms with van der Waals surface area (Å²) in [6, 6.07) is 9.10. The van der Waals surface area contributed by atoms with Gasteiger partial charge in [-0.1, -0.05) is 18.2 Å². The second kappa shape index (κ2) is 6.14. The van der Waals surface area contributed by atoms with E-state index in [0.29, 0.717) is 17.3 Å². The van der Waals surface area contributed by atoms with Crippen molar-refractivity contribution < 1.29 is 31.4 Å². The van der Waals surface area contributed by atoms with E-state index in [1.165, 1.54) is 6.07 Å². The first kappa shape index (κ1) is 18.9. The van der Waals surface area contributed by atoms with Crippen LogP contribution in [0.3, 0.4) is 0 Å². The number of halogens is 6. The highest BCUT2D eigenvalue weighted by atomic mass is 19.4. The fourth-order valence-electron chi connectivity index (χ4n) is 2.36. The maximum atomic E-state index is 13.0. The van der Waals surface area contributed by atoms with Gasteiger partial charge in [0.25, 0.3) is 5.60 Å². The zero-order valence-corrected chi connectivity index (χ0v) is 12.6. The third-order valence-corrected chi connectivity index (χ3v) is 3.72. The molecule has 2 aromatic carbocycles. The zero-order valence-electron chi connectivity index (χ0n) is 12.6. The lowest BCUT2D eigenvalue weighted by atomic mass is 9.88. The van der Waals surface area contributed by atoms with Crippen molar-refractivity contribution in [1.29, 1.82) is 0 Å². The van der Waals surface area contributed by atoms with E-state index in [2.05, 4.69) is 0 Å². The van der Waals surface area contributed by atoms with E-state index >= 15 is 0 Å². The molecule has 0 saturated heterocycles. The third kappa shape index (κ3) is 3.51. The average molecular weight is 364 g/mol. The van der Waals surface area contributed by atoms with Crippen molar-refractivity contribution in [3.63, 3.8) is 0 Å². The van der Waals surface area contributed by atoms with E-state index in [-0.39, 0.29) is 12.0 Å². The van der Waals surface area contributed by atoms with E-state index in [1.807, 2.05) is 0 Å². The predicted molar refractivity (Wildman–Crippen MR) is 80.5 cm³/mol. The number of alkyl halides is 6. The van der Waals surface area contributed by atoms with Crippen molar-refractivity contribution >= 4 is 11.4 Å². The standard InChI is InChI=1S/C16H14F6N2O/c17-15(18,19)14(25,16(20,21)22)12-8-10(3-6-13(12)24)7-9-1-4-11(23)5-2-9/h1-6,8,25H,7,23-24H2. The maximum absolute atomic E-state index is 13.0. The smallest absolute Gasteiger partial charge is 0.399 e. The summed E-state index contributed by atoms with van der Waals surface area (Å²) in [6.07, 6.45) is -11.9. The third-order valence-electron chi connectivity index (χ3n) is 3.72. The van der Waals surface area contributed by atoms with Crippen molar-refractivity contribution in [2.75, 3.05) is 11.5 Å². The summed E-state index contributed by atoms with van der Waals surface area (Å²) in [5, 5.41) is 9.52. The summed E-state index contributed by atoms with van der Waals surface area (Å²) < 4.78 is 78.2. The van der Waals surface area contributed by atoms with Crippen LogP contribution in [0.4, 0.5) is 37.7 Å². The molecule has 0 aliphatic carbocycles. The average Bonchev–Trinajstić information content (AvgIpc) is 2.48. The van der Waals surface area contributed by atoms with Gasteiger partial charge in [0.15, 0.2) is 0 Å². The molecular weight excluding hydrogens is 350 g/mol. The highest BCUT2D eigenvalue weighted by Gasteiger charge is 2.72. The second-order valence-corrected chi connectivity index (χ2v) is 5.55. The Morgan fingerprint density at radius 1 is 0.760 bits per heavy atom. The van der Waals surface area contributed by atoms with Gasteiger partial charge < -0.3 is 16.6 Å². The maximum Gasteiger partial charge on any atom is 0.430 e. The molecule has 0 aliphatic rings. The van der Waals surface area contributed by atoms with Crippen molar-refractivity contribution in [1.82, 2.24) is 0 Å². The predicted octanol–water partition coefficient (Wildman–Crippen LogP) is 3.75. The van der Waals surface area contributed by atoms with Crippen LogP contribution in [0.2, 0.25) is 0 Å². The van der Waals surface area contributed by atoms with E-state index in [9.17, 15) is 31.4 Å². The minimum Gasteiger partial charge on any atom is -0.399 e. The number of nitrogens with two attached hydrogens (primary N) is 2. The van der Waals surface area contributed by atoms with Crippen molar-refractivity contribution in [2.24, 2.45) is 0 Å². The summed E-state index contributed by atoms with van der Waals surface area (Å²) in [6.45, 7) is 0. The molecule has 136 valence electrons. The molecular formula is C16H14F6N2O. The van der Waals surface area contributed by atoms with Crippen LogP contribution in [0.15, 0.2) is 42.5 Å². The fraction of sp³-hybridized carbons (Fsp3) is 0.250. The van der Waals surface area contributed by atoms with Gasteiger partial charge in [0, 0.05) is 16.9 Å². The molecule has 0 heterocycles. The fourth-order valence-corrected chi connectivity index (χ4v) is 2.36. The quantitative estimate of drug-likeness (QED) is 0.574. The van der Waals surface area contributed by atoms with E-state index in [4.69, 9.17) is 11.5 Å². The van der Waals surface area contributed by atoms with Gasteiger partial charge in [-0.15, -0.1) is 0 Å². The molecule has 0 atom stereocenters. The van der Waals surface area contributed by atoms with Crippen LogP contribution in [0, 0.1) is 0 Å². The first-order valence-electron chi connectivity index (χ1n) is 6.95. The Kier molecular flexibility index (Phi) is 4.65. The summed E-state index contributed by atoms with van der Waals surface area (Å²) in [4.78, 5) is 0. The molecule has 0 aromatic heterocycles. The molecule has 2 aromatic rings. The lowest BCUT2D eigenvalue weighted by molar-refractivity contribution is -0.376. The van der Waals surface area contributed by atoms with Gasteiger partial charge in [0.1, 0.15) is 0 Å². The molecule has 3 nitrogen and oxygen atoms in total. The van der Waals surface area contributed by atoms with Crippen LogP contribution in [0.5, 0.6) is 0 Å². The topological polar surface area (TPSA) is 72.3 Å². The molecule has 0 aliphatic heterocycles. The summed E-state index contributed by atoms with van der Waals surface area (Å²) in [5.74, 6) is 0. The lowest BCUT2D eigenvalue weighted by Gasteiger charge is -2.33. The first-order valence-corrected chi connectivity index (χ1v) is 6.95. The molecule has 0 radical (unpaired) electrons. The monoisotopic (exact) mass is 364 g/mol. The second-order valence-electron chi connectivity index (χ2n) is 5.55. The minimum atomic E-state index is -5.99. The van der Waals surface area contributed by atoms with Crippen molar-refractivity contribution in [3.05, 3.63) is 59.2 Å². The Bertz CT molecular complexity index is 739. The Labute approximate surface area is 138 Å². The molecule has 9 heteroatoms. The van der Waals surface area contributed by atoms with Crippen LogP contribution < -0.4 is 11.5 Å². The molecule has 0 unspecified atom stereocenters. The summed E-state index contributed by atoms with van der Waals surface area (Å²) in [7, 11) is 0. The molecule has 25 heavy (non-hydrogen) atoms. The van der Waals surface area contributed by atoms with Gasteiger partial charge in [-0.05, 0) is 41.8 Å². The van der Waals surface area contributed by atoms with Gasteiger partial charge >= 0.3 is 12.4 Å². The Hall–Kier alpha value is -2.42. The Morgan fingerprint density at radius 3 is 1.72 bits per heavy atom. The highest BCUT2D eigenvalue weighted by Crippen LogP contribution is 2.51. The first-order chi connectivity index (χ1) is 11.4. The number of anilines is 2. The summed E-state index contributed by atoms with van der Waals surface area (Å²) >= 11 is 0. The molecule has 0 fully saturated rings. The van der Waals surface area contributed by atoms with Crippen LogP contribution in [0.1, 0.15) is 16.7 Å². The van der Waals surface area contributed by atoms with Gasteiger partial charge in [-0.2, -0.15) is 26.3 Å². The highest BCUT2D eigenvalue weighted by molar-refractivity contribution is 5.54. The van der Waals surface area contributed by atoms with Crippen LogP contribution >= 0.6 is 0 Å². The zero-order chi connectivity index (χ0) is 19.0. The van der Waals surface area contributed by atoms with E-state index in [0.717, 1.165) is 6.07 Å². The van der Waals surface area contributed by atoms with Gasteiger partial charge in [0.05, 0.1) is 0 Å². The number of hydrogen-bond acceptors (Lipinski definition) is 3. The molecule has 0 saturated carbocycles. The normalized spacial score (nSPS) is 13.1. The van der Waals surface area contributed by atoms with Gasteiger partial charge in [-0.3, -0.25) is 0 Å². The molecule has 5 N–H and O–H groups in total. The van der Waals surface area contributed by atoms with Crippen molar-refractivity contribution in [3.8, 4) is 0 Å². The Balaban J connectivity index is 2.52. The van der Waals surface area contributed by atoms with Crippen LogP contribution in [-0.4, -0.2) is 17.5 Å². The molecule has 0 amide bonds. The lowest BCUT2D eigenvalue weighted by Crippen LogP contribution is -2.54. The number of nitrogen functional groups attached to an aromatic ring is 2. The van der Waals surface area contributed by atoms with Crippen LogP contribution in [0.25, 0.3) is 0 Å². The molecule has 2 rings (SSSR count). The van der Waals surface area contributed by atoms with Crippen molar-refractivity contribution in [2.45, 2.75) is 24.4 Å². The minimum absolute atomic E-state index is 0.0410. The number of benzene rings is 2. The summed E-state index contributed by atoms with van der Waals surface area (Å²) in [5.41, 5.74) is 4.72. The number of rotatable bonds is 3. The van der Waals surface area contributed by atoms with Gasteiger partial charge in [-0.25, -0.2) is 0 Å². The van der Waals surface area contributed by atoms with E-state index in [1.54, 1.807) is 24.3 Å². The Morgan fingerprint density at radius 2 is 1.24 bits per heavy atom.